The monoisotopic (exact) mass is 425 g/mol. The fraction of sp³-hybridized carbons (Fsp3) is 0.125. The Balaban J connectivity index is 1.85. The Morgan fingerprint density at radius 1 is 0.828 bits per heavy atom. The Labute approximate surface area is 181 Å². The molecule has 0 saturated heterocycles. The average Bonchev–Trinajstić information content (AvgIpc) is 2.67. The van der Waals surface area contributed by atoms with Crippen molar-refractivity contribution in [1.29, 1.82) is 0 Å². The van der Waals surface area contributed by atoms with Crippen LogP contribution >= 0.6 is 23.2 Å². The molecule has 0 radical (unpaired) electrons. The largest absolute Gasteiger partial charge is 0.465 e. The van der Waals surface area contributed by atoms with Crippen LogP contribution < -0.4 is 9.47 Å². The lowest BCUT2D eigenvalue weighted by atomic mass is 10.1. The number of halogens is 2. The number of hydrogen-bond acceptors (Lipinski definition) is 3. The highest BCUT2D eigenvalue weighted by molar-refractivity contribution is 6.42. The van der Waals surface area contributed by atoms with E-state index >= 15 is 0 Å². The normalized spacial score (nSPS) is 11.7. The third-order valence-electron chi connectivity index (χ3n) is 4.25. The Morgan fingerprint density at radius 3 is 2.38 bits per heavy atom. The van der Waals surface area contributed by atoms with Gasteiger partial charge in [0.2, 0.25) is 5.90 Å². The minimum absolute atomic E-state index is 0.402. The molecule has 0 aliphatic carbocycles. The van der Waals surface area contributed by atoms with Crippen molar-refractivity contribution in [2.24, 2.45) is 4.99 Å². The van der Waals surface area contributed by atoms with Crippen molar-refractivity contribution in [1.82, 2.24) is 0 Å². The van der Waals surface area contributed by atoms with Gasteiger partial charge in [-0.25, -0.2) is 4.99 Å². The van der Waals surface area contributed by atoms with Gasteiger partial charge in [0.05, 0.1) is 22.0 Å². The van der Waals surface area contributed by atoms with E-state index < -0.39 is 0 Å². The SMILES string of the molecule is Cc1cccc(OC(C=COc2ccc(Cl)c(Cl)c2)=Nc2ccc(C)c(C)c2)c1. The van der Waals surface area contributed by atoms with E-state index in [4.69, 9.17) is 32.7 Å². The lowest BCUT2D eigenvalue weighted by molar-refractivity contribution is 0.479. The van der Waals surface area contributed by atoms with Crippen molar-refractivity contribution in [3.05, 3.63) is 99.7 Å². The molecule has 0 saturated carbocycles. The maximum Gasteiger partial charge on any atom is 0.222 e. The van der Waals surface area contributed by atoms with Crippen molar-refractivity contribution in [2.45, 2.75) is 20.8 Å². The molecule has 3 aromatic carbocycles. The molecular formula is C24H21Cl2NO2. The van der Waals surface area contributed by atoms with Crippen molar-refractivity contribution in [2.75, 3.05) is 0 Å². The first kappa shape index (κ1) is 21.0. The minimum Gasteiger partial charge on any atom is -0.465 e. The third kappa shape index (κ3) is 6.11. The van der Waals surface area contributed by atoms with Crippen molar-refractivity contribution < 1.29 is 9.47 Å². The van der Waals surface area contributed by atoms with Gasteiger partial charge >= 0.3 is 0 Å². The molecule has 3 rings (SSSR count). The van der Waals surface area contributed by atoms with Gasteiger partial charge in [0, 0.05) is 12.1 Å². The zero-order valence-corrected chi connectivity index (χ0v) is 18.0. The van der Waals surface area contributed by atoms with Gasteiger partial charge in [0.25, 0.3) is 0 Å². The summed E-state index contributed by atoms with van der Waals surface area (Å²) >= 11 is 12.0. The van der Waals surface area contributed by atoms with Crippen LogP contribution in [0.15, 0.2) is 78.0 Å². The number of aliphatic imine (C=N–C) groups is 1. The number of aryl methyl sites for hydroxylation is 3. The molecular weight excluding hydrogens is 405 g/mol. The third-order valence-corrected chi connectivity index (χ3v) is 4.99. The summed E-state index contributed by atoms with van der Waals surface area (Å²) in [5, 5.41) is 0.903. The van der Waals surface area contributed by atoms with E-state index in [0.29, 0.717) is 27.4 Å². The molecule has 0 N–H and O–H groups in total. The van der Waals surface area contributed by atoms with E-state index in [1.54, 1.807) is 24.3 Å². The van der Waals surface area contributed by atoms with Gasteiger partial charge in [-0.1, -0.05) is 41.4 Å². The second-order valence-corrected chi connectivity index (χ2v) is 7.45. The van der Waals surface area contributed by atoms with Crippen LogP contribution in [0.5, 0.6) is 11.5 Å². The number of nitrogens with zero attached hydrogens (tertiary/aromatic N) is 1. The Hall–Kier alpha value is -2.75. The molecule has 0 unspecified atom stereocenters. The molecule has 0 fully saturated rings. The van der Waals surface area contributed by atoms with Crippen LogP contribution in [0, 0.1) is 20.8 Å². The van der Waals surface area contributed by atoms with E-state index in [1.807, 2.05) is 49.4 Å². The predicted molar refractivity (Wildman–Crippen MR) is 121 cm³/mol. The fourth-order valence-corrected chi connectivity index (χ4v) is 2.83. The lowest BCUT2D eigenvalue weighted by Crippen LogP contribution is -2.05. The number of hydrogen-bond donors (Lipinski definition) is 0. The zero-order chi connectivity index (χ0) is 20.8. The molecule has 29 heavy (non-hydrogen) atoms. The highest BCUT2D eigenvalue weighted by atomic mass is 35.5. The first-order valence-electron chi connectivity index (χ1n) is 9.09. The number of ether oxygens (including phenoxy) is 2. The highest BCUT2D eigenvalue weighted by Gasteiger charge is 2.04. The molecule has 5 heteroatoms. The maximum absolute atomic E-state index is 6.03. The quantitative estimate of drug-likeness (QED) is 0.239. The smallest absolute Gasteiger partial charge is 0.222 e. The van der Waals surface area contributed by atoms with Crippen LogP contribution in [-0.2, 0) is 0 Å². The molecule has 0 aliphatic rings. The van der Waals surface area contributed by atoms with Crippen molar-refractivity contribution >= 4 is 34.8 Å². The molecule has 3 nitrogen and oxygen atoms in total. The zero-order valence-electron chi connectivity index (χ0n) is 16.4. The Bertz CT molecular complexity index is 1070. The van der Waals surface area contributed by atoms with Gasteiger partial charge in [0.15, 0.2) is 0 Å². The van der Waals surface area contributed by atoms with Gasteiger partial charge in [-0.3, -0.25) is 0 Å². The molecule has 0 aromatic heterocycles. The molecule has 0 bridgehead atoms. The molecule has 148 valence electrons. The van der Waals surface area contributed by atoms with Crippen LogP contribution in [0.1, 0.15) is 16.7 Å². The molecule has 0 amide bonds. The van der Waals surface area contributed by atoms with Gasteiger partial charge in [-0.2, -0.15) is 0 Å². The average molecular weight is 426 g/mol. The molecule has 0 atom stereocenters. The summed E-state index contributed by atoms with van der Waals surface area (Å²) in [6.45, 7) is 6.13. The summed E-state index contributed by atoms with van der Waals surface area (Å²) < 4.78 is 11.6. The summed E-state index contributed by atoms with van der Waals surface area (Å²) in [5.41, 5.74) is 4.28. The van der Waals surface area contributed by atoms with Crippen LogP contribution in [0.4, 0.5) is 5.69 Å². The second kappa shape index (κ2) is 9.64. The van der Waals surface area contributed by atoms with Crippen molar-refractivity contribution in [3.63, 3.8) is 0 Å². The standard InChI is InChI=1S/C24H21Cl2NO2/c1-16-5-4-6-21(13-16)29-24(27-19-8-7-17(2)18(3)14-19)11-12-28-20-9-10-22(25)23(26)15-20/h4-15H,1-3H3. The fourth-order valence-electron chi connectivity index (χ4n) is 2.54. The van der Waals surface area contributed by atoms with Crippen LogP contribution in [-0.4, -0.2) is 5.90 Å². The molecule has 0 aliphatic heterocycles. The topological polar surface area (TPSA) is 30.8 Å². The summed E-state index contributed by atoms with van der Waals surface area (Å²) in [7, 11) is 0. The van der Waals surface area contributed by atoms with Gasteiger partial charge < -0.3 is 9.47 Å². The molecule has 3 aromatic rings. The van der Waals surface area contributed by atoms with Crippen LogP contribution in [0.25, 0.3) is 0 Å². The van der Waals surface area contributed by atoms with E-state index in [0.717, 1.165) is 16.8 Å². The summed E-state index contributed by atoms with van der Waals surface area (Å²) in [6, 6.07) is 18.9. The van der Waals surface area contributed by atoms with Crippen LogP contribution in [0.3, 0.4) is 0 Å². The van der Waals surface area contributed by atoms with E-state index in [9.17, 15) is 0 Å². The predicted octanol–water partition coefficient (Wildman–Crippen LogP) is 7.62. The van der Waals surface area contributed by atoms with Gasteiger partial charge in [-0.05, 0) is 73.9 Å². The number of benzene rings is 3. The lowest BCUT2D eigenvalue weighted by Gasteiger charge is -2.08. The summed E-state index contributed by atoms with van der Waals surface area (Å²) in [4.78, 5) is 4.63. The van der Waals surface area contributed by atoms with E-state index in [-0.39, 0.29) is 0 Å². The van der Waals surface area contributed by atoms with E-state index in [2.05, 4.69) is 18.8 Å². The van der Waals surface area contributed by atoms with Gasteiger partial charge in [0.1, 0.15) is 11.5 Å². The Kier molecular flexibility index (Phi) is 6.97. The Morgan fingerprint density at radius 2 is 1.66 bits per heavy atom. The first-order chi connectivity index (χ1) is 13.9. The first-order valence-corrected chi connectivity index (χ1v) is 9.85. The van der Waals surface area contributed by atoms with E-state index in [1.165, 1.54) is 11.8 Å². The highest BCUT2D eigenvalue weighted by Crippen LogP contribution is 2.26. The van der Waals surface area contributed by atoms with Crippen LogP contribution in [0.2, 0.25) is 10.0 Å². The second-order valence-electron chi connectivity index (χ2n) is 6.63. The molecule has 0 heterocycles. The maximum atomic E-state index is 6.03. The van der Waals surface area contributed by atoms with Gasteiger partial charge in [-0.15, -0.1) is 0 Å². The molecule has 0 spiro atoms. The minimum atomic E-state index is 0.402. The summed E-state index contributed by atoms with van der Waals surface area (Å²) in [6.07, 6.45) is 3.18. The number of rotatable bonds is 5. The summed E-state index contributed by atoms with van der Waals surface area (Å²) in [5.74, 6) is 1.67. The van der Waals surface area contributed by atoms with Crippen molar-refractivity contribution in [3.8, 4) is 11.5 Å².